The van der Waals surface area contributed by atoms with Crippen LogP contribution in [0.1, 0.15) is 37.0 Å². The van der Waals surface area contributed by atoms with Crippen LogP contribution in [0.25, 0.3) is 0 Å². The summed E-state index contributed by atoms with van der Waals surface area (Å²) in [6.07, 6.45) is 2.08. The molecule has 1 aromatic rings. The molecule has 1 aromatic carbocycles. The van der Waals surface area contributed by atoms with Crippen molar-refractivity contribution in [2.45, 2.75) is 26.7 Å². The second-order valence-corrected chi connectivity index (χ2v) is 6.08. The van der Waals surface area contributed by atoms with Crippen molar-refractivity contribution in [3.63, 3.8) is 0 Å². The van der Waals surface area contributed by atoms with E-state index in [-0.39, 0.29) is 5.91 Å². The SMILES string of the molecule is CC(C)C1CCN(C(=O)c2cccc(OCC(=O)O)c2)CC1. The molecule has 0 aromatic heterocycles. The van der Waals surface area contributed by atoms with Gasteiger partial charge in [0, 0.05) is 18.7 Å². The predicted octanol–water partition coefficient (Wildman–Crippen LogP) is 2.66. The van der Waals surface area contributed by atoms with E-state index in [1.165, 1.54) is 0 Å². The average Bonchev–Trinajstić information content (AvgIpc) is 2.52. The van der Waals surface area contributed by atoms with Gasteiger partial charge in [0.25, 0.3) is 5.91 Å². The Balaban J connectivity index is 1.98. The van der Waals surface area contributed by atoms with Crippen molar-refractivity contribution in [3.8, 4) is 5.75 Å². The van der Waals surface area contributed by atoms with Crippen molar-refractivity contribution < 1.29 is 19.4 Å². The molecule has 1 saturated heterocycles. The number of nitrogens with zero attached hydrogens (tertiary/aromatic N) is 1. The van der Waals surface area contributed by atoms with Gasteiger partial charge >= 0.3 is 5.97 Å². The molecule has 1 amide bonds. The zero-order valence-electron chi connectivity index (χ0n) is 13.1. The highest BCUT2D eigenvalue weighted by atomic mass is 16.5. The number of carboxylic acid groups (broad SMARTS) is 1. The Bertz CT molecular complexity index is 533. The Morgan fingerprint density at radius 1 is 1.32 bits per heavy atom. The fourth-order valence-corrected chi connectivity index (χ4v) is 2.82. The Hall–Kier alpha value is -2.04. The molecule has 5 heteroatoms. The van der Waals surface area contributed by atoms with Gasteiger partial charge in [-0.15, -0.1) is 0 Å². The molecule has 22 heavy (non-hydrogen) atoms. The van der Waals surface area contributed by atoms with Crippen LogP contribution in [0.2, 0.25) is 0 Å². The van der Waals surface area contributed by atoms with Crippen molar-refractivity contribution in [2.24, 2.45) is 11.8 Å². The highest BCUT2D eigenvalue weighted by Gasteiger charge is 2.25. The standard InChI is InChI=1S/C17H23NO4/c1-12(2)13-6-8-18(9-7-13)17(21)14-4-3-5-15(10-14)22-11-16(19)20/h3-5,10,12-13H,6-9,11H2,1-2H3,(H,19,20). The van der Waals surface area contributed by atoms with Crippen LogP contribution in [0, 0.1) is 11.8 Å². The van der Waals surface area contributed by atoms with Crippen molar-refractivity contribution in [1.29, 1.82) is 0 Å². The molecule has 1 fully saturated rings. The summed E-state index contributed by atoms with van der Waals surface area (Å²) in [5.41, 5.74) is 0.547. The third kappa shape index (κ3) is 4.23. The second-order valence-electron chi connectivity index (χ2n) is 6.08. The maximum atomic E-state index is 12.5. The first kappa shape index (κ1) is 16.3. The predicted molar refractivity (Wildman–Crippen MR) is 83.0 cm³/mol. The number of hydrogen-bond acceptors (Lipinski definition) is 3. The van der Waals surface area contributed by atoms with Gasteiger partial charge in [0.15, 0.2) is 6.61 Å². The van der Waals surface area contributed by atoms with Gasteiger partial charge in [-0.05, 0) is 42.9 Å². The number of ether oxygens (including phenoxy) is 1. The number of hydrogen-bond donors (Lipinski definition) is 1. The van der Waals surface area contributed by atoms with Crippen LogP contribution in [0.15, 0.2) is 24.3 Å². The quantitative estimate of drug-likeness (QED) is 0.908. The lowest BCUT2D eigenvalue weighted by Gasteiger charge is -2.34. The van der Waals surface area contributed by atoms with Crippen molar-refractivity contribution in [1.82, 2.24) is 4.90 Å². The molecule has 0 bridgehead atoms. The van der Waals surface area contributed by atoms with Crippen molar-refractivity contribution in [3.05, 3.63) is 29.8 Å². The summed E-state index contributed by atoms with van der Waals surface area (Å²) >= 11 is 0. The first-order valence-corrected chi connectivity index (χ1v) is 7.71. The highest BCUT2D eigenvalue weighted by molar-refractivity contribution is 5.94. The molecule has 1 aliphatic rings. The van der Waals surface area contributed by atoms with Crippen LogP contribution in [0.3, 0.4) is 0 Å². The first-order valence-electron chi connectivity index (χ1n) is 7.71. The molecule has 120 valence electrons. The van der Waals surface area contributed by atoms with Crippen molar-refractivity contribution in [2.75, 3.05) is 19.7 Å². The minimum Gasteiger partial charge on any atom is -0.482 e. The number of carbonyl (C=O) groups is 2. The lowest BCUT2D eigenvalue weighted by Crippen LogP contribution is -2.39. The van der Waals surface area contributed by atoms with E-state index in [1.54, 1.807) is 24.3 Å². The maximum absolute atomic E-state index is 12.5. The van der Waals surface area contributed by atoms with Crippen LogP contribution in [0.4, 0.5) is 0 Å². The lowest BCUT2D eigenvalue weighted by molar-refractivity contribution is -0.139. The largest absolute Gasteiger partial charge is 0.482 e. The van der Waals surface area contributed by atoms with Gasteiger partial charge in [-0.25, -0.2) is 4.79 Å². The van der Waals surface area contributed by atoms with E-state index >= 15 is 0 Å². The normalized spacial score (nSPS) is 15.9. The minimum atomic E-state index is -1.03. The van der Waals surface area contributed by atoms with Gasteiger partial charge in [-0.1, -0.05) is 19.9 Å². The Morgan fingerprint density at radius 3 is 2.59 bits per heavy atom. The maximum Gasteiger partial charge on any atom is 0.341 e. The molecule has 0 atom stereocenters. The molecule has 0 unspecified atom stereocenters. The van der Waals surface area contributed by atoms with Crippen LogP contribution in [-0.2, 0) is 4.79 Å². The summed E-state index contributed by atoms with van der Waals surface area (Å²) in [4.78, 5) is 24.9. The van der Waals surface area contributed by atoms with Gasteiger partial charge in [0.1, 0.15) is 5.75 Å². The minimum absolute atomic E-state index is 0.0111. The van der Waals surface area contributed by atoms with Gasteiger partial charge in [-0.2, -0.15) is 0 Å². The number of carboxylic acids is 1. The fourth-order valence-electron chi connectivity index (χ4n) is 2.82. The number of benzene rings is 1. The molecule has 1 N–H and O–H groups in total. The second kappa shape index (κ2) is 7.29. The zero-order valence-corrected chi connectivity index (χ0v) is 13.1. The average molecular weight is 305 g/mol. The van der Waals surface area contributed by atoms with E-state index < -0.39 is 12.6 Å². The summed E-state index contributed by atoms with van der Waals surface area (Å²) in [5, 5.41) is 8.63. The summed E-state index contributed by atoms with van der Waals surface area (Å²) < 4.78 is 5.12. The molecule has 1 heterocycles. The number of piperidine rings is 1. The van der Waals surface area contributed by atoms with Crippen LogP contribution in [-0.4, -0.2) is 41.6 Å². The monoisotopic (exact) mass is 305 g/mol. The van der Waals surface area contributed by atoms with Crippen LogP contribution >= 0.6 is 0 Å². The molecule has 0 aliphatic carbocycles. The lowest BCUT2D eigenvalue weighted by atomic mass is 9.86. The molecule has 5 nitrogen and oxygen atoms in total. The number of likely N-dealkylation sites (tertiary alicyclic amines) is 1. The fraction of sp³-hybridized carbons (Fsp3) is 0.529. The molecule has 0 saturated carbocycles. The van der Waals surface area contributed by atoms with Gasteiger partial charge < -0.3 is 14.7 Å². The summed E-state index contributed by atoms with van der Waals surface area (Å²) in [5.74, 6) is 0.708. The number of carbonyl (C=O) groups excluding carboxylic acids is 1. The number of amides is 1. The smallest absolute Gasteiger partial charge is 0.341 e. The van der Waals surface area contributed by atoms with E-state index in [1.807, 2.05) is 4.90 Å². The van der Waals surface area contributed by atoms with E-state index in [4.69, 9.17) is 9.84 Å². The van der Waals surface area contributed by atoms with Gasteiger partial charge in [0.2, 0.25) is 0 Å². The highest BCUT2D eigenvalue weighted by Crippen LogP contribution is 2.25. The number of aliphatic carboxylic acids is 1. The Morgan fingerprint density at radius 2 is 2.00 bits per heavy atom. The first-order chi connectivity index (χ1) is 10.5. The Labute approximate surface area is 130 Å². The van der Waals surface area contributed by atoms with Gasteiger partial charge in [0.05, 0.1) is 0 Å². The van der Waals surface area contributed by atoms with E-state index in [0.29, 0.717) is 23.1 Å². The van der Waals surface area contributed by atoms with Crippen molar-refractivity contribution >= 4 is 11.9 Å². The Kier molecular flexibility index (Phi) is 5.41. The molecule has 1 aliphatic heterocycles. The zero-order chi connectivity index (χ0) is 16.1. The summed E-state index contributed by atoms with van der Waals surface area (Å²) in [6, 6.07) is 6.72. The molecule has 0 spiro atoms. The van der Waals surface area contributed by atoms with Crippen LogP contribution in [0.5, 0.6) is 5.75 Å². The summed E-state index contributed by atoms with van der Waals surface area (Å²) in [7, 11) is 0. The molecular formula is C17H23NO4. The van der Waals surface area contributed by atoms with Gasteiger partial charge in [-0.3, -0.25) is 4.79 Å². The molecule has 0 radical (unpaired) electrons. The summed E-state index contributed by atoms with van der Waals surface area (Å²) in [6.45, 7) is 5.61. The van der Waals surface area contributed by atoms with E-state index in [2.05, 4.69) is 13.8 Å². The third-order valence-corrected chi connectivity index (χ3v) is 4.21. The number of rotatable bonds is 5. The molecular weight excluding hydrogens is 282 g/mol. The third-order valence-electron chi connectivity index (χ3n) is 4.21. The topological polar surface area (TPSA) is 66.8 Å². The van der Waals surface area contributed by atoms with E-state index in [9.17, 15) is 9.59 Å². The van der Waals surface area contributed by atoms with Crippen LogP contribution < -0.4 is 4.74 Å². The molecule has 2 rings (SSSR count). The van der Waals surface area contributed by atoms with E-state index in [0.717, 1.165) is 25.9 Å².